The third-order valence-electron chi connectivity index (χ3n) is 5.26. The van der Waals surface area contributed by atoms with E-state index in [0.29, 0.717) is 37.6 Å². The summed E-state index contributed by atoms with van der Waals surface area (Å²) in [7, 11) is 0. The number of hydrogen-bond donors (Lipinski definition) is 0. The van der Waals surface area contributed by atoms with Crippen molar-refractivity contribution in [3.8, 4) is 0 Å². The first-order valence-corrected chi connectivity index (χ1v) is 9.05. The van der Waals surface area contributed by atoms with Gasteiger partial charge in [-0.2, -0.15) is 0 Å². The summed E-state index contributed by atoms with van der Waals surface area (Å²) < 4.78 is 25.3. The van der Waals surface area contributed by atoms with Crippen LogP contribution in [0.3, 0.4) is 0 Å². The maximum absolute atomic E-state index is 14.1. The molecule has 1 aromatic carbocycles. The van der Waals surface area contributed by atoms with Gasteiger partial charge in [-0.1, -0.05) is 17.7 Å². The van der Waals surface area contributed by atoms with Crippen molar-refractivity contribution in [2.24, 2.45) is 0 Å². The van der Waals surface area contributed by atoms with Gasteiger partial charge in [-0.05, 0) is 31.5 Å². The van der Waals surface area contributed by atoms with E-state index in [-0.39, 0.29) is 23.9 Å². The number of ether oxygens (including phenoxy) is 1. The van der Waals surface area contributed by atoms with E-state index in [1.807, 2.05) is 17.9 Å². The second kappa shape index (κ2) is 7.21. The molecule has 26 heavy (non-hydrogen) atoms. The van der Waals surface area contributed by atoms with Crippen LogP contribution in [0, 0.1) is 12.7 Å². The van der Waals surface area contributed by atoms with Gasteiger partial charge in [-0.25, -0.2) is 4.39 Å². The summed E-state index contributed by atoms with van der Waals surface area (Å²) in [5.41, 5.74) is 1.75. The lowest BCUT2D eigenvalue weighted by Gasteiger charge is -2.46. The Balaban J connectivity index is 1.50. The molecule has 5 nitrogen and oxygen atoms in total. The van der Waals surface area contributed by atoms with Crippen molar-refractivity contribution in [2.45, 2.75) is 32.0 Å². The predicted octanol–water partition coefficient (Wildman–Crippen LogP) is 2.84. The maximum Gasteiger partial charge on any atom is 0.290 e. The lowest BCUT2D eigenvalue weighted by atomic mass is 9.97. The Morgan fingerprint density at radius 3 is 3.00 bits per heavy atom. The summed E-state index contributed by atoms with van der Waals surface area (Å²) in [6.45, 7) is 5.10. The summed E-state index contributed by atoms with van der Waals surface area (Å²) >= 11 is 0. The van der Waals surface area contributed by atoms with Gasteiger partial charge in [0.05, 0.1) is 25.0 Å². The number of fused-ring (bicyclic) bond motifs is 1. The SMILES string of the molecule is Cc1ccc(F)c(CN2CC[C@H]3OCCN(C(=O)c4ccco4)[C@@H]3C2)c1. The molecule has 2 fully saturated rings. The van der Waals surface area contributed by atoms with Crippen molar-refractivity contribution in [1.29, 1.82) is 0 Å². The number of furan rings is 1. The van der Waals surface area contributed by atoms with Gasteiger partial charge < -0.3 is 14.1 Å². The van der Waals surface area contributed by atoms with Crippen LogP contribution < -0.4 is 0 Å². The third-order valence-corrected chi connectivity index (χ3v) is 5.26. The number of carbonyl (C=O) groups excluding carboxylic acids is 1. The van der Waals surface area contributed by atoms with Crippen LogP contribution in [0.4, 0.5) is 4.39 Å². The van der Waals surface area contributed by atoms with Gasteiger partial charge >= 0.3 is 0 Å². The fourth-order valence-electron chi connectivity index (χ4n) is 3.94. The first-order valence-electron chi connectivity index (χ1n) is 9.05. The number of amides is 1. The molecule has 138 valence electrons. The molecule has 2 saturated heterocycles. The van der Waals surface area contributed by atoms with E-state index in [9.17, 15) is 9.18 Å². The van der Waals surface area contributed by atoms with Crippen molar-refractivity contribution >= 4 is 5.91 Å². The van der Waals surface area contributed by atoms with Crippen LogP contribution in [0.15, 0.2) is 41.0 Å². The van der Waals surface area contributed by atoms with Gasteiger partial charge in [0.1, 0.15) is 5.82 Å². The smallest absolute Gasteiger partial charge is 0.290 e. The Kier molecular flexibility index (Phi) is 4.78. The number of rotatable bonds is 3. The van der Waals surface area contributed by atoms with E-state index in [4.69, 9.17) is 9.15 Å². The average molecular weight is 358 g/mol. The van der Waals surface area contributed by atoms with Gasteiger partial charge in [-0.15, -0.1) is 0 Å². The normalized spacial score (nSPS) is 23.7. The fraction of sp³-hybridized carbons (Fsp3) is 0.450. The van der Waals surface area contributed by atoms with Crippen molar-refractivity contribution in [3.63, 3.8) is 0 Å². The number of hydrogen-bond acceptors (Lipinski definition) is 4. The molecule has 0 radical (unpaired) electrons. The minimum atomic E-state index is -0.180. The van der Waals surface area contributed by atoms with E-state index in [0.717, 1.165) is 18.5 Å². The van der Waals surface area contributed by atoms with Crippen molar-refractivity contribution < 1.29 is 18.3 Å². The molecule has 0 aliphatic carbocycles. The summed E-state index contributed by atoms with van der Waals surface area (Å²) in [6, 6.07) is 8.57. The number of halogens is 1. The highest BCUT2D eigenvalue weighted by atomic mass is 19.1. The monoisotopic (exact) mass is 358 g/mol. The van der Waals surface area contributed by atoms with E-state index in [2.05, 4.69) is 4.90 Å². The fourth-order valence-corrected chi connectivity index (χ4v) is 3.94. The molecule has 4 rings (SSSR count). The highest BCUT2D eigenvalue weighted by Gasteiger charge is 2.40. The van der Waals surface area contributed by atoms with E-state index in [1.54, 1.807) is 18.2 Å². The molecular formula is C20H23FN2O3. The average Bonchev–Trinajstić information content (AvgIpc) is 3.18. The van der Waals surface area contributed by atoms with Crippen LogP contribution in [0.25, 0.3) is 0 Å². The summed E-state index contributed by atoms with van der Waals surface area (Å²) in [4.78, 5) is 16.8. The quantitative estimate of drug-likeness (QED) is 0.846. The Bertz CT molecular complexity index is 777. The molecule has 1 amide bonds. The number of aryl methyl sites for hydroxylation is 1. The van der Waals surface area contributed by atoms with Gasteiger partial charge in [0, 0.05) is 31.7 Å². The lowest BCUT2D eigenvalue weighted by molar-refractivity contribution is -0.0920. The minimum Gasteiger partial charge on any atom is -0.459 e. The number of likely N-dealkylation sites (tertiary alicyclic amines) is 1. The molecule has 6 heteroatoms. The molecular weight excluding hydrogens is 335 g/mol. The van der Waals surface area contributed by atoms with E-state index >= 15 is 0 Å². The van der Waals surface area contributed by atoms with Gasteiger partial charge in [0.2, 0.25) is 0 Å². The molecule has 0 bridgehead atoms. The Labute approximate surface area is 152 Å². The van der Waals surface area contributed by atoms with Crippen LogP contribution in [0.1, 0.15) is 28.1 Å². The topological polar surface area (TPSA) is 45.9 Å². The van der Waals surface area contributed by atoms with Crippen LogP contribution in [0.2, 0.25) is 0 Å². The van der Waals surface area contributed by atoms with Gasteiger partial charge in [-0.3, -0.25) is 9.69 Å². The Morgan fingerprint density at radius 2 is 2.19 bits per heavy atom. The zero-order valence-corrected chi connectivity index (χ0v) is 14.9. The molecule has 2 aliphatic heterocycles. The number of carbonyl (C=O) groups is 1. The first-order chi connectivity index (χ1) is 12.6. The van der Waals surface area contributed by atoms with E-state index in [1.165, 1.54) is 12.3 Å². The molecule has 0 unspecified atom stereocenters. The van der Waals surface area contributed by atoms with Crippen LogP contribution >= 0.6 is 0 Å². The second-order valence-corrected chi connectivity index (χ2v) is 7.07. The lowest BCUT2D eigenvalue weighted by Crippen LogP contribution is -2.61. The zero-order chi connectivity index (χ0) is 18.1. The zero-order valence-electron chi connectivity index (χ0n) is 14.9. The maximum atomic E-state index is 14.1. The molecule has 0 N–H and O–H groups in total. The standard InChI is InChI=1S/C20H23FN2O3/c1-14-4-5-16(21)15(11-14)12-22-7-6-18-17(13-22)23(8-10-26-18)20(24)19-3-2-9-25-19/h2-5,9,11,17-18H,6-8,10,12-13H2,1H3/t17-,18-/m1/s1. The van der Waals surface area contributed by atoms with Crippen molar-refractivity contribution in [1.82, 2.24) is 9.80 Å². The third kappa shape index (κ3) is 3.39. The Hall–Kier alpha value is -2.18. The number of morpholine rings is 1. The molecule has 2 atom stereocenters. The number of nitrogens with zero attached hydrogens (tertiary/aromatic N) is 2. The largest absolute Gasteiger partial charge is 0.459 e. The highest BCUT2D eigenvalue weighted by molar-refractivity contribution is 5.91. The van der Waals surface area contributed by atoms with E-state index < -0.39 is 0 Å². The van der Waals surface area contributed by atoms with Crippen molar-refractivity contribution in [3.05, 3.63) is 59.3 Å². The molecule has 2 aromatic rings. The van der Waals surface area contributed by atoms with Crippen molar-refractivity contribution in [2.75, 3.05) is 26.2 Å². The minimum absolute atomic E-state index is 0.0290. The molecule has 1 aromatic heterocycles. The van der Waals surface area contributed by atoms with Crippen LogP contribution in [-0.2, 0) is 11.3 Å². The molecule has 0 spiro atoms. The summed E-state index contributed by atoms with van der Waals surface area (Å²) in [5, 5.41) is 0. The summed E-state index contributed by atoms with van der Waals surface area (Å²) in [5.74, 6) is 0.0746. The summed E-state index contributed by atoms with van der Waals surface area (Å²) in [6.07, 6.45) is 2.38. The Morgan fingerprint density at radius 1 is 1.31 bits per heavy atom. The van der Waals surface area contributed by atoms with Gasteiger partial charge in [0.25, 0.3) is 5.91 Å². The van der Waals surface area contributed by atoms with Crippen LogP contribution in [-0.4, -0.2) is 54.1 Å². The number of piperidine rings is 1. The van der Waals surface area contributed by atoms with Crippen LogP contribution in [0.5, 0.6) is 0 Å². The number of benzene rings is 1. The molecule has 2 aliphatic rings. The highest BCUT2D eigenvalue weighted by Crippen LogP contribution is 2.26. The molecule has 3 heterocycles. The van der Waals surface area contributed by atoms with Gasteiger partial charge in [0.15, 0.2) is 5.76 Å². The second-order valence-electron chi connectivity index (χ2n) is 7.07. The predicted molar refractivity (Wildman–Crippen MR) is 94.3 cm³/mol. The first kappa shape index (κ1) is 17.2. The molecule has 0 saturated carbocycles.